The van der Waals surface area contributed by atoms with Crippen molar-refractivity contribution in [1.29, 1.82) is 0 Å². The van der Waals surface area contributed by atoms with Gasteiger partial charge in [0.1, 0.15) is 0 Å². The maximum absolute atomic E-state index is 10.3. The zero-order valence-electron chi connectivity index (χ0n) is 6.07. The second-order valence-corrected chi connectivity index (χ2v) is 2.17. The second-order valence-electron chi connectivity index (χ2n) is 2.17. The number of rotatable bonds is 1. The quantitative estimate of drug-likeness (QED) is 0.705. The number of benzene rings is 1. The van der Waals surface area contributed by atoms with Crippen LogP contribution in [0, 0.1) is 6.92 Å². The molecule has 0 radical (unpaired) electrons. The molecule has 1 aromatic rings. The van der Waals surface area contributed by atoms with Gasteiger partial charge in [-0.3, -0.25) is 0 Å². The van der Waals surface area contributed by atoms with Crippen LogP contribution < -0.4 is 0 Å². The number of hydrogen-bond acceptors (Lipinski definition) is 1. The zero-order chi connectivity index (χ0) is 7.56. The van der Waals surface area contributed by atoms with Crippen molar-refractivity contribution in [3.63, 3.8) is 0 Å². The fourth-order valence-corrected chi connectivity index (χ4v) is 0.696. The molecule has 0 bridgehead atoms. The van der Waals surface area contributed by atoms with Crippen LogP contribution in [0.25, 0.3) is 0 Å². The predicted octanol–water partition coefficient (Wildman–Crippen LogP) is 2.12. The molecule has 2 nitrogen and oxygen atoms in total. The number of halogens is 1. The van der Waals surface area contributed by atoms with E-state index in [0.29, 0.717) is 5.56 Å². The van der Waals surface area contributed by atoms with E-state index in [4.69, 9.17) is 5.11 Å². The lowest BCUT2D eigenvalue weighted by Gasteiger charge is -1.92. The summed E-state index contributed by atoms with van der Waals surface area (Å²) in [7, 11) is 0. The average molecular weight is 173 g/mol. The normalized spacial score (nSPS) is 8.45. The zero-order valence-corrected chi connectivity index (χ0v) is 6.89. The van der Waals surface area contributed by atoms with E-state index in [1.807, 2.05) is 6.92 Å². The Morgan fingerprint density at radius 1 is 1.27 bits per heavy atom. The third-order valence-electron chi connectivity index (χ3n) is 1.30. The van der Waals surface area contributed by atoms with Crippen molar-refractivity contribution < 1.29 is 9.90 Å². The lowest BCUT2D eigenvalue weighted by atomic mass is 10.2. The molecule has 0 aromatic heterocycles. The summed E-state index contributed by atoms with van der Waals surface area (Å²) in [5.41, 5.74) is 1.41. The molecule has 1 N–H and O–H groups in total. The lowest BCUT2D eigenvalue weighted by Crippen LogP contribution is -1.94. The highest BCUT2D eigenvalue weighted by Gasteiger charge is 1.98. The van der Waals surface area contributed by atoms with Crippen LogP contribution in [0.2, 0.25) is 0 Å². The molecular weight excluding hydrogens is 164 g/mol. The van der Waals surface area contributed by atoms with Gasteiger partial charge in [0.2, 0.25) is 0 Å². The number of carbonyl (C=O) groups is 1. The van der Waals surface area contributed by atoms with Crippen molar-refractivity contribution in [3.05, 3.63) is 35.4 Å². The van der Waals surface area contributed by atoms with E-state index in [9.17, 15) is 4.79 Å². The highest BCUT2D eigenvalue weighted by Crippen LogP contribution is 2.01. The Morgan fingerprint density at radius 2 is 1.73 bits per heavy atom. The van der Waals surface area contributed by atoms with Gasteiger partial charge in [0.15, 0.2) is 0 Å². The van der Waals surface area contributed by atoms with Crippen molar-refractivity contribution in [2.75, 3.05) is 0 Å². The molecule has 0 saturated heterocycles. The van der Waals surface area contributed by atoms with E-state index < -0.39 is 5.97 Å². The maximum atomic E-state index is 10.3. The Balaban J connectivity index is 0.000001000. The molecule has 1 rings (SSSR count). The molecule has 0 unspecified atom stereocenters. The van der Waals surface area contributed by atoms with Crippen molar-refractivity contribution in [2.24, 2.45) is 0 Å². The Kier molecular flexibility index (Phi) is 3.61. The SMILES string of the molecule is Cc1ccc(C(=O)O)cc1.Cl. The Bertz CT molecular complexity index is 241. The van der Waals surface area contributed by atoms with Gasteiger partial charge in [-0.1, -0.05) is 17.7 Å². The van der Waals surface area contributed by atoms with E-state index >= 15 is 0 Å². The first-order valence-corrected chi connectivity index (χ1v) is 3.00. The third-order valence-corrected chi connectivity index (χ3v) is 1.30. The Labute approximate surface area is 71.3 Å². The largest absolute Gasteiger partial charge is 0.478 e. The molecule has 0 aliphatic rings. The van der Waals surface area contributed by atoms with Crippen LogP contribution in [0.1, 0.15) is 15.9 Å². The van der Waals surface area contributed by atoms with Gasteiger partial charge in [0.25, 0.3) is 0 Å². The summed E-state index contributed by atoms with van der Waals surface area (Å²) in [6.45, 7) is 1.92. The topological polar surface area (TPSA) is 37.3 Å². The Morgan fingerprint density at radius 3 is 2.09 bits per heavy atom. The van der Waals surface area contributed by atoms with Crippen LogP contribution in [-0.4, -0.2) is 11.1 Å². The molecule has 3 heteroatoms. The fourth-order valence-electron chi connectivity index (χ4n) is 0.696. The highest BCUT2D eigenvalue weighted by molar-refractivity contribution is 5.87. The smallest absolute Gasteiger partial charge is 0.335 e. The monoisotopic (exact) mass is 172 g/mol. The molecule has 0 aliphatic heterocycles. The predicted molar refractivity (Wildman–Crippen MR) is 45.4 cm³/mol. The van der Waals surface area contributed by atoms with Gasteiger partial charge in [-0.15, -0.1) is 12.4 Å². The Hall–Kier alpha value is -1.02. The molecule has 0 amide bonds. The summed E-state index contributed by atoms with van der Waals surface area (Å²) < 4.78 is 0. The summed E-state index contributed by atoms with van der Waals surface area (Å²) in [5.74, 6) is -0.875. The second kappa shape index (κ2) is 3.98. The molecule has 60 valence electrons. The molecule has 0 fully saturated rings. The van der Waals surface area contributed by atoms with Crippen molar-refractivity contribution in [3.8, 4) is 0 Å². The van der Waals surface area contributed by atoms with Crippen LogP contribution >= 0.6 is 12.4 Å². The number of carboxylic acids is 1. The molecule has 11 heavy (non-hydrogen) atoms. The summed E-state index contributed by atoms with van der Waals surface area (Å²) >= 11 is 0. The lowest BCUT2D eigenvalue weighted by molar-refractivity contribution is 0.0697. The molecule has 0 saturated carbocycles. The molecule has 0 heterocycles. The van der Waals surface area contributed by atoms with Crippen molar-refractivity contribution in [2.45, 2.75) is 6.92 Å². The van der Waals surface area contributed by atoms with Gasteiger partial charge in [-0.05, 0) is 19.1 Å². The number of aryl methyl sites for hydroxylation is 1. The molecule has 0 spiro atoms. The fraction of sp³-hybridized carbons (Fsp3) is 0.125. The van der Waals surface area contributed by atoms with Crippen molar-refractivity contribution >= 4 is 18.4 Å². The number of hydrogen-bond donors (Lipinski definition) is 1. The first-order chi connectivity index (χ1) is 4.70. The number of aromatic carboxylic acids is 1. The first kappa shape index (κ1) is 9.98. The van der Waals surface area contributed by atoms with Crippen LogP contribution in [0.4, 0.5) is 0 Å². The van der Waals surface area contributed by atoms with Crippen LogP contribution in [-0.2, 0) is 0 Å². The van der Waals surface area contributed by atoms with Gasteiger partial charge in [0, 0.05) is 0 Å². The minimum Gasteiger partial charge on any atom is -0.478 e. The van der Waals surface area contributed by atoms with Gasteiger partial charge >= 0.3 is 5.97 Å². The van der Waals surface area contributed by atoms with E-state index in [-0.39, 0.29) is 12.4 Å². The van der Waals surface area contributed by atoms with Crippen LogP contribution in [0.15, 0.2) is 24.3 Å². The van der Waals surface area contributed by atoms with Gasteiger partial charge in [0.05, 0.1) is 5.56 Å². The van der Waals surface area contributed by atoms with E-state index in [1.54, 1.807) is 24.3 Å². The van der Waals surface area contributed by atoms with Crippen LogP contribution in [0.3, 0.4) is 0 Å². The molecule has 0 atom stereocenters. The number of carboxylic acid groups (broad SMARTS) is 1. The summed E-state index contributed by atoms with van der Waals surface area (Å²) in [4.78, 5) is 10.3. The molecular formula is C8H9ClO2. The highest BCUT2D eigenvalue weighted by atomic mass is 35.5. The van der Waals surface area contributed by atoms with Crippen molar-refractivity contribution in [1.82, 2.24) is 0 Å². The van der Waals surface area contributed by atoms with E-state index in [2.05, 4.69) is 0 Å². The minimum atomic E-state index is -0.875. The van der Waals surface area contributed by atoms with Gasteiger partial charge in [-0.2, -0.15) is 0 Å². The summed E-state index contributed by atoms with van der Waals surface area (Å²) in [5, 5.41) is 8.48. The standard InChI is InChI=1S/C8H8O2.ClH/c1-6-2-4-7(5-3-6)8(9)10;/h2-5H,1H3,(H,9,10);1H. The summed E-state index contributed by atoms with van der Waals surface area (Å²) in [6, 6.07) is 6.75. The molecule has 0 aliphatic carbocycles. The van der Waals surface area contributed by atoms with E-state index in [0.717, 1.165) is 5.56 Å². The first-order valence-electron chi connectivity index (χ1n) is 3.00. The third kappa shape index (κ3) is 2.60. The minimum absolute atomic E-state index is 0. The molecule has 1 aromatic carbocycles. The van der Waals surface area contributed by atoms with Crippen LogP contribution in [0.5, 0.6) is 0 Å². The summed E-state index contributed by atoms with van der Waals surface area (Å²) in [6.07, 6.45) is 0. The van der Waals surface area contributed by atoms with Gasteiger partial charge < -0.3 is 5.11 Å². The van der Waals surface area contributed by atoms with Gasteiger partial charge in [-0.25, -0.2) is 4.79 Å². The average Bonchev–Trinajstić information content (AvgIpc) is 1.88. The van der Waals surface area contributed by atoms with E-state index in [1.165, 1.54) is 0 Å². The maximum Gasteiger partial charge on any atom is 0.335 e.